The summed E-state index contributed by atoms with van der Waals surface area (Å²) in [6.45, 7) is 8.67. The van der Waals surface area contributed by atoms with Crippen molar-refractivity contribution in [1.29, 1.82) is 0 Å². The zero-order chi connectivity index (χ0) is 14.7. The van der Waals surface area contributed by atoms with Gasteiger partial charge in [0.25, 0.3) is 0 Å². The molecule has 4 nitrogen and oxygen atoms in total. The van der Waals surface area contributed by atoms with Gasteiger partial charge in [0.05, 0.1) is 10.8 Å². The van der Waals surface area contributed by atoms with Crippen molar-refractivity contribution in [1.82, 2.24) is 9.29 Å². The average molecular weight is 304 g/mol. The molecule has 0 radical (unpaired) electrons. The highest BCUT2D eigenvalue weighted by Crippen LogP contribution is 2.20. The summed E-state index contributed by atoms with van der Waals surface area (Å²) in [5.74, 6) is 0.212. The van der Waals surface area contributed by atoms with E-state index in [0.29, 0.717) is 19.4 Å². The van der Waals surface area contributed by atoms with Crippen molar-refractivity contribution in [3.05, 3.63) is 16.1 Å². The second kappa shape index (κ2) is 6.33. The summed E-state index contributed by atoms with van der Waals surface area (Å²) in [4.78, 5) is 5.41. The first-order chi connectivity index (χ1) is 8.60. The van der Waals surface area contributed by atoms with Crippen LogP contribution in [0, 0.1) is 12.3 Å². The van der Waals surface area contributed by atoms with E-state index in [9.17, 15) is 8.42 Å². The first-order valence-corrected chi connectivity index (χ1v) is 8.88. The molecule has 0 aromatic carbocycles. The fourth-order valence-electron chi connectivity index (χ4n) is 1.50. The van der Waals surface area contributed by atoms with Crippen LogP contribution in [0.25, 0.3) is 0 Å². The van der Waals surface area contributed by atoms with E-state index in [1.165, 1.54) is 4.31 Å². The Labute approximate surface area is 120 Å². The summed E-state index contributed by atoms with van der Waals surface area (Å²) in [6.07, 6.45) is 3.19. The number of aromatic nitrogens is 1. The van der Waals surface area contributed by atoms with Crippen molar-refractivity contribution in [3.8, 4) is 0 Å². The molecule has 19 heavy (non-hydrogen) atoms. The van der Waals surface area contributed by atoms with Gasteiger partial charge < -0.3 is 0 Å². The minimum Gasteiger partial charge on any atom is -0.249 e. The summed E-state index contributed by atoms with van der Waals surface area (Å²) in [5, 5.41) is 0.996. The quantitative estimate of drug-likeness (QED) is 0.812. The number of hydrogen-bond donors (Lipinski definition) is 0. The number of likely N-dealkylation sites (N-methyl/N-ethyl adjacent to an activating group) is 1. The number of sulfonamides is 1. The van der Waals surface area contributed by atoms with Crippen LogP contribution >= 0.6 is 11.3 Å². The zero-order valence-electron chi connectivity index (χ0n) is 12.4. The summed E-state index contributed by atoms with van der Waals surface area (Å²) in [5.41, 5.74) is 0.0420. The topological polar surface area (TPSA) is 50.3 Å². The molecule has 110 valence electrons. The SMILES string of the molecule is Cc1cnc(CCN(C)S(=O)(=O)CCC(C)(C)C)s1. The van der Waals surface area contributed by atoms with E-state index in [4.69, 9.17) is 0 Å². The smallest absolute Gasteiger partial charge is 0.213 e. The van der Waals surface area contributed by atoms with Crippen LogP contribution in [-0.2, 0) is 16.4 Å². The van der Waals surface area contributed by atoms with Crippen LogP contribution in [0.3, 0.4) is 0 Å². The molecule has 0 fully saturated rings. The Hall–Kier alpha value is -0.460. The van der Waals surface area contributed by atoms with Gasteiger partial charge in [-0.2, -0.15) is 0 Å². The Morgan fingerprint density at radius 1 is 1.37 bits per heavy atom. The second-order valence-electron chi connectivity index (χ2n) is 6.06. The molecule has 0 aliphatic heterocycles. The molecular formula is C13H24N2O2S2. The summed E-state index contributed by atoms with van der Waals surface area (Å²) < 4.78 is 25.7. The highest BCUT2D eigenvalue weighted by Gasteiger charge is 2.21. The van der Waals surface area contributed by atoms with E-state index in [1.54, 1.807) is 18.4 Å². The first kappa shape index (κ1) is 16.6. The van der Waals surface area contributed by atoms with Crippen LogP contribution < -0.4 is 0 Å². The van der Waals surface area contributed by atoms with Crippen molar-refractivity contribution < 1.29 is 8.42 Å². The predicted molar refractivity (Wildman–Crippen MR) is 81.0 cm³/mol. The number of thiazole rings is 1. The minimum absolute atomic E-state index is 0.0420. The first-order valence-electron chi connectivity index (χ1n) is 6.45. The summed E-state index contributed by atoms with van der Waals surface area (Å²) >= 11 is 1.63. The third-order valence-corrected chi connectivity index (χ3v) is 5.72. The van der Waals surface area contributed by atoms with Gasteiger partial charge in [-0.25, -0.2) is 17.7 Å². The van der Waals surface area contributed by atoms with E-state index in [0.717, 1.165) is 9.88 Å². The Balaban J connectivity index is 2.49. The molecule has 0 unspecified atom stereocenters. The van der Waals surface area contributed by atoms with Gasteiger partial charge in [-0.1, -0.05) is 20.8 Å². The van der Waals surface area contributed by atoms with Crippen molar-refractivity contribution in [2.75, 3.05) is 19.3 Å². The fourth-order valence-corrected chi connectivity index (χ4v) is 3.83. The highest BCUT2D eigenvalue weighted by molar-refractivity contribution is 7.89. The van der Waals surface area contributed by atoms with E-state index in [-0.39, 0.29) is 11.2 Å². The maximum absolute atomic E-state index is 12.1. The van der Waals surface area contributed by atoms with E-state index in [1.807, 2.05) is 13.1 Å². The molecule has 1 heterocycles. The van der Waals surface area contributed by atoms with Gasteiger partial charge in [-0.3, -0.25) is 0 Å². The van der Waals surface area contributed by atoms with Gasteiger partial charge in [-0.15, -0.1) is 11.3 Å². The van der Waals surface area contributed by atoms with E-state index in [2.05, 4.69) is 25.8 Å². The van der Waals surface area contributed by atoms with E-state index < -0.39 is 10.0 Å². The maximum atomic E-state index is 12.1. The molecular weight excluding hydrogens is 280 g/mol. The molecule has 0 bridgehead atoms. The van der Waals surface area contributed by atoms with Gasteiger partial charge in [0.15, 0.2) is 0 Å². The molecule has 0 aliphatic rings. The van der Waals surface area contributed by atoms with E-state index >= 15 is 0 Å². The Bertz CT molecular complexity index is 501. The molecule has 0 atom stereocenters. The third-order valence-electron chi connectivity index (χ3n) is 2.89. The summed E-state index contributed by atoms with van der Waals surface area (Å²) in [6, 6.07) is 0. The Kier molecular flexibility index (Phi) is 5.53. The summed E-state index contributed by atoms with van der Waals surface area (Å²) in [7, 11) is -1.50. The van der Waals surface area contributed by atoms with Crippen LogP contribution in [0.2, 0.25) is 0 Å². The van der Waals surface area contributed by atoms with Crippen LogP contribution in [0.1, 0.15) is 37.1 Å². The van der Waals surface area contributed by atoms with Crippen molar-refractivity contribution in [2.24, 2.45) is 5.41 Å². The molecule has 0 aliphatic carbocycles. The highest BCUT2D eigenvalue weighted by atomic mass is 32.2. The van der Waals surface area contributed by atoms with Gasteiger partial charge in [0, 0.05) is 31.1 Å². The van der Waals surface area contributed by atoms with Crippen LogP contribution in [0.4, 0.5) is 0 Å². The third kappa shape index (κ3) is 6.01. The lowest BCUT2D eigenvalue weighted by Gasteiger charge is -2.21. The molecule has 0 amide bonds. The Morgan fingerprint density at radius 2 is 2.00 bits per heavy atom. The van der Waals surface area contributed by atoms with Crippen molar-refractivity contribution in [3.63, 3.8) is 0 Å². The van der Waals surface area contributed by atoms with Gasteiger partial charge >= 0.3 is 0 Å². The molecule has 0 saturated carbocycles. The molecule has 1 rings (SSSR count). The monoisotopic (exact) mass is 304 g/mol. The molecule has 1 aromatic rings. The lowest BCUT2D eigenvalue weighted by atomic mass is 9.94. The minimum atomic E-state index is -3.15. The molecule has 6 heteroatoms. The number of nitrogens with zero attached hydrogens (tertiary/aromatic N) is 2. The Morgan fingerprint density at radius 3 is 2.47 bits per heavy atom. The number of rotatable bonds is 6. The predicted octanol–water partition coefficient (Wildman–Crippen LogP) is 2.69. The maximum Gasteiger partial charge on any atom is 0.213 e. The molecule has 0 saturated heterocycles. The van der Waals surface area contributed by atoms with Crippen LogP contribution in [0.15, 0.2) is 6.20 Å². The lowest BCUT2D eigenvalue weighted by molar-refractivity contribution is 0.389. The largest absolute Gasteiger partial charge is 0.249 e. The fraction of sp³-hybridized carbons (Fsp3) is 0.769. The van der Waals surface area contributed by atoms with Gasteiger partial charge in [0.2, 0.25) is 10.0 Å². The van der Waals surface area contributed by atoms with Gasteiger partial charge in [-0.05, 0) is 18.8 Å². The number of aryl methyl sites for hydroxylation is 1. The number of hydrogen-bond acceptors (Lipinski definition) is 4. The normalized spacial score (nSPS) is 13.2. The molecule has 0 spiro atoms. The van der Waals surface area contributed by atoms with Gasteiger partial charge in [0.1, 0.15) is 0 Å². The van der Waals surface area contributed by atoms with Crippen LogP contribution in [0.5, 0.6) is 0 Å². The molecule has 1 aromatic heterocycles. The second-order valence-corrected chi connectivity index (χ2v) is 9.58. The zero-order valence-corrected chi connectivity index (χ0v) is 14.1. The van der Waals surface area contributed by atoms with Crippen LogP contribution in [-0.4, -0.2) is 37.1 Å². The standard InChI is InChI=1S/C13H24N2O2S2/c1-11-10-14-12(18-11)6-8-15(5)19(16,17)9-7-13(2,3)4/h10H,6-9H2,1-5H3. The average Bonchev–Trinajstić information content (AvgIpc) is 2.68. The molecule has 0 N–H and O–H groups in total. The lowest BCUT2D eigenvalue weighted by Crippen LogP contribution is -2.32. The van der Waals surface area contributed by atoms with Crippen molar-refractivity contribution >= 4 is 21.4 Å². The van der Waals surface area contributed by atoms with Crippen molar-refractivity contribution in [2.45, 2.75) is 40.5 Å².